The molecule has 2 fully saturated rings. The number of nitrogens with zero attached hydrogens (tertiary/aromatic N) is 5. The van der Waals surface area contributed by atoms with Gasteiger partial charge in [-0.25, -0.2) is 13.4 Å². The standard InChI is InChI=1S/C15H22N6O4S.CH2O2/c1-19-14-12(3-16-19)15(22)18-13(17-14)7-20-4-10-5-21(26(2,23)24)11(6-20)9-25-8-10;2-1-3/h3,10-11H,4-9H2,1-2H3,(H,17,18,22);1H,(H,2,3)/t10-,11-;/m0./s1. The number of H-pyrrole nitrogens is 1. The molecule has 2 N–H and O–H groups in total. The number of carbonyl (C=O) groups is 1. The van der Waals surface area contributed by atoms with Gasteiger partial charge in [0.2, 0.25) is 10.0 Å². The van der Waals surface area contributed by atoms with Gasteiger partial charge in [0.15, 0.2) is 5.65 Å². The van der Waals surface area contributed by atoms with Crippen molar-refractivity contribution in [2.75, 3.05) is 39.1 Å². The normalized spacial score (nSPS) is 23.2. The Balaban J connectivity index is 0.000000755. The summed E-state index contributed by atoms with van der Waals surface area (Å²) in [6.07, 6.45) is 2.75. The minimum Gasteiger partial charge on any atom is -0.483 e. The molecule has 2 atom stereocenters. The van der Waals surface area contributed by atoms with Gasteiger partial charge in [0, 0.05) is 32.6 Å². The molecule has 0 saturated carbocycles. The molecule has 160 valence electrons. The number of sulfonamides is 1. The smallest absolute Gasteiger partial charge is 0.290 e. The Morgan fingerprint density at radius 2 is 2.07 bits per heavy atom. The third kappa shape index (κ3) is 4.80. The van der Waals surface area contributed by atoms with E-state index in [0.717, 1.165) is 0 Å². The van der Waals surface area contributed by atoms with Crippen molar-refractivity contribution in [3.8, 4) is 0 Å². The molecule has 4 rings (SSSR count). The summed E-state index contributed by atoms with van der Waals surface area (Å²) in [5.41, 5.74) is 0.328. The van der Waals surface area contributed by atoms with Gasteiger partial charge < -0.3 is 14.8 Å². The van der Waals surface area contributed by atoms with Crippen LogP contribution in [-0.2, 0) is 33.1 Å². The molecule has 0 aromatic carbocycles. The molecule has 0 aliphatic carbocycles. The molecule has 2 aromatic rings. The highest BCUT2D eigenvalue weighted by atomic mass is 32.2. The lowest BCUT2D eigenvalue weighted by Gasteiger charge is -2.29. The molecule has 2 aromatic heterocycles. The maximum atomic E-state index is 12.2. The minimum absolute atomic E-state index is 0.0874. The van der Waals surface area contributed by atoms with Crippen LogP contribution in [0, 0.1) is 5.92 Å². The summed E-state index contributed by atoms with van der Waals surface area (Å²) >= 11 is 0. The van der Waals surface area contributed by atoms with Gasteiger partial charge in [-0.1, -0.05) is 0 Å². The predicted octanol–water partition coefficient (Wildman–Crippen LogP) is -1.55. The van der Waals surface area contributed by atoms with Gasteiger partial charge in [-0.2, -0.15) is 9.40 Å². The number of carboxylic acid groups (broad SMARTS) is 1. The SMILES string of the molecule is Cn1ncc2c(=O)[nH]c(CN3C[C@@H]4COC[C@H](C3)N(S(C)(=O)=O)C4)nc21.O=CO. The van der Waals surface area contributed by atoms with Gasteiger partial charge in [-0.3, -0.25) is 19.2 Å². The average molecular weight is 428 g/mol. The number of fused-ring (bicyclic) bond motifs is 4. The molecule has 12 nitrogen and oxygen atoms in total. The molecule has 2 saturated heterocycles. The van der Waals surface area contributed by atoms with E-state index in [1.54, 1.807) is 16.0 Å². The first-order valence-electron chi connectivity index (χ1n) is 8.98. The van der Waals surface area contributed by atoms with E-state index in [1.807, 2.05) is 0 Å². The molecule has 2 aliphatic rings. The number of rotatable bonds is 3. The third-order valence-electron chi connectivity index (χ3n) is 4.94. The third-order valence-corrected chi connectivity index (χ3v) is 6.24. The van der Waals surface area contributed by atoms with Crippen molar-refractivity contribution in [1.82, 2.24) is 29.0 Å². The van der Waals surface area contributed by atoms with E-state index in [2.05, 4.69) is 20.0 Å². The molecular formula is C16H24N6O6S. The zero-order valence-corrected chi connectivity index (χ0v) is 17.0. The van der Waals surface area contributed by atoms with Gasteiger partial charge in [0.1, 0.15) is 11.2 Å². The maximum Gasteiger partial charge on any atom is 0.290 e. The van der Waals surface area contributed by atoms with Crippen LogP contribution in [0.5, 0.6) is 0 Å². The fraction of sp³-hybridized carbons (Fsp3) is 0.625. The van der Waals surface area contributed by atoms with Crippen molar-refractivity contribution in [1.29, 1.82) is 0 Å². The zero-order chi connectivity index (χ0) is 21.2. The molecule has 0 unspecified atom stereocenters. The van der Waals surface area contributed by atoms with Crippen LogP contribution >= 0.6 is 0 Å². The maximum absolute atomic E-state index is 12.2. The van der Waals surface area contributed by atoms with E-state index in [9.17, 15) is 13.2 Å². The van der Waals surface area contributed by atoms with Gasteiger partial charge >= 0.3 is 0 Å². The van der Waals surface area contributed by atoms with Crippen LogP contribution in [0.25, 0.3) is 11.0 Å². The van der Waals surface area contributed by atoms with Crippen LogP contribution in [0.2, 0.25) is 0 Å². The minimum atomic E-state index is -3.29. The van der Waals surface area contributed by atoms with Crippen LogP contribution in [0.15, 0.2) is 11.0 Å². The largest absolute Gasteiger partial charge is 0.483 e. The lowest BCUT2D eigenvalue weighted by Crippen LogP contribution is -2.46. The van der Waals surface area contributed by atoms with E-state index in [-0.39, 0.29) is 24.0 Å². The topological polar surface area (TPSA) is 151 Å². The number of aryl methyl sites for hydroxylation is 1. The van der Waals surface area contributed by atoms with Crippen LogP contribution in [-0.4, -0.2) is 94.1 Å². The Hall–Kier alpha value is -2.35. The van der Waals surface area contributed by atoms with Crippen molar-refractivity contribution < 1.29 is 23.1 Å². The van der Waals surface area contributed by atoms with Crippen molar-refractivity contribution in [3.63, 3.8) is 0 Å². The molecule has 0 radical (unpaired) electrons. The van der Waals surface area contributed by atoms with Crippen LogP contribution < -0.4 is 5.56 Å². The zero-order valence-electron chi connectivity index (χ0n) is 16.2. The first kappa shape index (κ1) is 21.4. The average Bonchev–Trinajstić information content (AvgIpc) is 2.78. The first-order valence-corrected chi connectivity index (χ1v) is 10.8. The van der Waals surface area contributed by atoms with Crippen molar-refractivity contribution >= 4 is 27.5 Å². The molecule has 13 heteroatoms. The summed E-state index contributed by atoms with van der Waals surface area (Å²) in [7, 11) is -1.55. The number of aromatic nitrogens is 4. The summed E-state index contributed by atoms with van der Waals surface area (Å²) in [6.45, 7) is 2.80. The molecular weight excluding hydrogens is 404 g/mol. The van der Waals surface area contributed by atoms with Gasteiger partial charge in [0.05, 0.1) is 38.3 Å². The second-order valence-electron chi connectivity index (χ2n) is 7.21. The van der Waals surface area contributed by atoms with Crippen molar-refractivity contribution in [2.24, 2.45) is 13.0 Å². The summed E-state index contributed by atoms with van der Waals surface area (Å²) in [4.78, 5) is 30.1. The number of hydrogen-bond donors (Lipinski definition) is 2. The number of aromatic amines is 1. The lowest BCUT2D eigenvalue weighted by molar-refractivity contribution is -0.122. The number of nitrogens with one attached hydrogen (secondary N) is 1. The molecule has 2 aliphatic heterocycles. The fourth-order valence-electron chi connectivity index (χ4n) is 3.80. The first-order chi connectivity index (χ1) is 13.7. The Morgan fingerprint density at radius 3 is 2.76 bits per heavy atom. The highest BCUT2D eigenvalue weighted by molar-refractivity contribution is 7.88. The number of hydrogen-bond acceptors (Lipinski definition) is 8. The van der Waals surface area contributed by atoms with E-state index in [0.29, 0.717) is 56.3 Å². The quantitative estimate of drug-likeness (QED) is 0.554. The highest BCUT2D eigenvalue weighted by Crippen LogP contribution is 2.22. The van der Waals surface area contributed by atoms with E-state index >= 15 is 0 Å². The second kappa shape index (κ2) is 8.57. The fourth-order valence-corrected chi connectivity index (χ4v) is 4.95. The number of ether oxygens (including phenoxy) is 1. The van der Waals surface area contributed by atoms with Gasteiger partial charge in [0.25, 0.3) is 12.0 Å². The van der Waals surface area contributed by atoms with Crippen LogP contribution in [0.4, 0.5) is 0 Å². The van der Waals surface area contributed by atoms with Crippen molar-refractivity contribution in [2.45, 2.75) is 12.6 Å². The highest BCUT2D eigenvalue weighted by Gasteiger charge is 2.37. The molecule has 2 bridgehead atoms. The van der Waals surface area contributed by atoms with Crippen molar-refractivity contribution in [3.05, 3.63) is 22.4 Å². The summed E-state index contributed by atoms with van der Waals surface area (Å²) < 4.78 is 33.0. The Kier molecular flexibility index (Phi) is 6.31. The lowest BCUT2D eigenvalue weighted by atomic mass is 10.1. The second-order valence-corrected chi connectivity index (χ2v) is 9.14. The summed E-state index contributed by atoms with van der Waals surface area (Å²) in [6, 6.07) is -0.232. The van der Waals surface area contributed by atoms with E-state index < -0.39 is 10.0 Å². The van der Waals surface area contributed by atoms with Crippen LogP contribution in [0.1, 0.15) is 5.82 Å². The molecule has 0 amide bonds. The summed E-state index contributed by atoms with van der Waals surface area (Å²) in [5, 5.41) is 11.4. The summed E-state index contributed by atoms with van der Waals surface area (Å²) in [5.74, 6) is 0.641. The van der Waals surface area contributed by atoms with E-state index in [1.165, 1.54) is 12.5 Å². The Bertz CT molecular complexity index is 1030. The molecule has 0 spiro atoms. The van der Waals surface area contributed by atoms with Gasteiger partial charge in [-0.05, 0) is 0 Å². The molecule has 4 heterocycles. The molecule has 29 heavy (non-hydrogen) atoms. The monoisotopic (exact) mass is 428 g/mol. The Labute approximate surface area is 167 Å². The predicted molar refractivity (Wildman–Crippen MR) is 103 cm³/mol. The van der Waals surface area contributed by atoms with Crippen LogP contribution in [0.3, 0.4) is 0 Å². The Morgan fingerprint density at radius 1 is 1.34 bits per heavy atom. The van der Waals surface area contributed by atoms with E-state index in [4.69, 9.17) is 14.6 Å². The van der Waals surface area contributed by atoms with Gasteiger partial charge in [-0.15, -0.1) is 0 Å².